The summed E-state index contributed by atoms with van der Waals surface area (Å²) in [7, 11) is 0. The van der Waals surface area contributed by atoms with Gasteiger partial charge in [0.2, 0.25) is 5.91 Å². The SMILES string of the molecule is CCC1CCC(C)N1C(=O)C1(CN)CCCCCC1. The van der Waals surface area contributed by atoms with Crippen LogP contribution in [0.1, 0.15) is 71.6 Å². The van der Waals surface area contributed by atoms with Gasteiger partial charge in [-0.3, -0.25) is 4.79 Å². The van der Waals surface area contributed by atoms with Crippen LogP contribution in [-0.4, -0.2) is 29.4 Å². The van der Waals surface area contributed by atoms with Crippen molar-refractivity contribution in [3.8, 4) is 0 Å². The van der Waals surface area contributed by atoms with Gasteiger partial charge in [0.05, 0.1) is 5.41 Å². The molecule has 1 aliphatic heterocycles. The number of carbonyl (C=O) groups excluding carboxylic acids is 1. The predicted molar refractivity (Wildman–Crippen MR) is 78.8 cm³/mol. The molecule has 0 aromatic heterocycles. The molecule has 1 aliphatic carbocycles. The molecule has 2 fully saturated rings. The van der Waals surface area contributed by atoms with Crippen molar-refractivity contribution < 1.29 is 4.79 Å². The van der Waals surface area contributed by atoms with Gasteiger partial charge in [-0.25, -0.2) is 0 Å². The Morgan fingerprint density at radius 3 is 2.37 bits per heavy atom. The molecule has 1 heterocycles. The van der Waals surface area contributed by atoms with Gasteiger partial charge in [0.25, 0.3) is 0 Å². The van der Waals surface area contributed by atoms with E-state index < -0.39 is 0 Å². The maximum Gasteiger partial charge on any atom is 0.230 e. The molecule has 2 unspecified atom stereocenters. The van der Waals surface area contributed by atoms with Crippen molar-refractivity contribution in [1.82, 2.24) is 4.90 Å². The quantitative estimate of drug-likeness (QED) is 0.798. The Bertz CT molecular complexity index is 308. The first-order chi connectivity index (χ1) is 9.14. The van der Waals surface area contributed by atoms with Crippen LogP contribution in [0.25, 0.3) is 0 Å². The van der Waals surface area contributed by atoms with Gasteiger partial charge in [-0.2, -0.15) is 0 Å². The molecule has 0 bridgehead atoms. The number of hydrogen-bond acceptors (Lipinski definition) is 2. The van der Waals surface area contributed by atoms with E-state index in [1.807, 2.05) is 0 Å². The van der Waals surface area contributed by atoms with Gasteiger partial charge in [0, 0.05) is 18.6 Å². The minimum absolute atomic E-state index is 0.247. The van der Waals surface area contributed by atoms with Crippen molar-refractivity contribution >= 4 is 5.91 Å². The summed E-state index contributed by atoms with van der Waals surface area (Å²) in [5.41, 5.74) is 5.81. The smallest absolute Gasteiger partial charge is 0.230 e. The molecule has 1 saturated carbocycles. The minimum atomic E-state index is -0.247. The Hall–Kier alpha value is -0.570. The molecule has 110 valence electrons. The van der Waals surface area contributed by atoms with Crippen LogP contribution in [0.2, 0.25) is 0 Å². The summed E-state index contributed by atoms with van der Waals surface area (Å²) >= 11 is 0. The summed E-state index contributed by atoms with van der Waals surface area (Å²) in [4.78, 5) is 15.3. The average Bonchev–Trinajstić information content (AvgIpc) is 2.65. The van der Waals surface area contributed by atoms with Crippen molar-refractivity contribution in [2.24, 2.45) is 11.1 Å². The van der Waals surface area contributed by atoms with Gasteiger partial charge in [-0.15, -0.1) is 0 Å². The number of nitrogens with two attached hydrogens (primary N) is 1. The first kappa shape index (κ1) is 14.8. The zero-order chi connectivity index (χ0) is 13.9. The van der Waals surface area contributed by atoms with Crippen LogP contribution in [0, 0.1) is 5.41 Å². The second kappa shape index (κ2) is 6.25. The molecular weight excluding hydrogens is 236 g/mol. The second-order valence-corrected chi connectivity index (χ2v) is 6.60. The molecule has 2 N–H and O–H groups in total. The van der Waals surface area contributed by atoms with Gasteiger partial charge < -0.3 is 10.6 Å². The second-order valence-electron chi connectivity index (χ2n) is 6.60. The Morgan fingerprint density at radius 2 is 1.84 bits per heavy atom. The molecule has 2 rings (SSSR count). The van der Waals surface area contributed by atoms with E-state index in [9.17, 15) is 4.79 Å². The van der Waals surface area contributed by atoms with E-state index in [4.69, 9.17) is 5.73 Å². The van der Waals surface area contributed by atoms with Crippen molar-refractivity contribution in [2.75, 3.05) is 6.54 Å². The summed E-state index contributed by atoms with van der Waals surface area (Å²) in [5, 5.41) is 0. The maximum atomic E-state index is 13.1. The normalized spacial score (nSPS) is 31.2. The molecule has 19 heavy (non-hydrogen) atoms. The predicted octanol–water partition coefficient (Wildman–Crippen LogP) is 3.08. The molecule has 0 aromatic rings. The molecule has 2 atom stereocenters. The Balaban J connectivity index is 2.19. The summed E-state index contributed by atoms with van der Waals surface area (Å²) in [6, 6.07) is 0.860. The lowest BCUT2D eigenvalue weighted by Crippen LogP contribution is -2.51. The molecule has 3 heteroatoms. The molecule has 3 nitrogen and oxygen atoms in total. The van der Waals surface area contributed by atoms with Crippen LogP contribution in [0.3, 0.4) is 0 Å². The molecule has 0 spiro atoms. The van der Waals surface area contributed by atoms with Crippen LogP contribution in [-0.2, 0) is 4.79 Å². The van der Waals surface area contributed by atoms with E-state index >= 15 is 0 Å². The van der Waals surface area contributed by atoms with Gasteiger partial charge in [0.15, 0.2) is 0 Å². The monoisotopic (exact) mass is 266 g/mol. The first-order valence-corrected chi connectivity index (χ1v) is 8.17. The zero-order valence-corrected chi connectivity index (χ0v) is 12.7. The lowest BCUT2D eigenvalue weighted by Gasteiger charge is -2.39. The number of nitrogens with zero attached hydrogens (tertiary/aromatic N) is 1. The van der Waals surface area contributed by atoms with Gasteiger partial charge in [-0.1, -0.05) is 32.6 Å². The highest BCUT2D eigenvalue weighted by Gasteiger charge is 2.44. The van der Waals surface area contributed by atoms with E-state index in [1.165, 1.54) is 32.1 Å². The van der Waals surface area contributed by atoms with Crippen molar-refractivity contribution in [1.29, 1.82) is 0 Å². The molecule has 1 amide bonds. The number of amides is 1. The van der Waals surface area contributed by atoms with Crippen LogP contribution < -0.4 is 5.73 Å². The third-order valence-electron chi connectivity index (χ3n) is 5.40. The highest BCUT2D eigenvalue weighted by Crippen LogP contribution is 2.39. The summed E-state index contributed by atoms with van der Waals surface area (Å²) in [5.74, 6) is 0.369. The van der Waals surface area contributed by atoms with Gasteiger partial charge in [0.1, 0.15) is 0 Å². The van der Waals surface area contributed by atoms with E-state index in [1.54, 1.807) is 0 Å². The standard InChI is InChI=1S/C16H30N2O/c1-3-14-9-8-13(2)18(14)15(19)16(12-17)10-6-4-5-7-11-16/h13-14H,3-12,17H2,1-2H3. The summed E-state index contributed by atoms with van der Waals surface area (Å²) in [6.07, 6.45) is 10.3. The van der Waals surface area contributed by atoms with Crippen molar-refractivity contribution in [3.05, 3.63) is 0 Å². The van der Waals surface area contributed by atoms with Crippen LogP contribution in [0.5, 0.6) is 0 Å². The minimum Gasteiger partial charge on any atom is -0.336 e. The molecule has 1 saturated heterocycles. The number of carbonyl (C=O) groups is 1. The maximum absolute atomic E-state index is 13.1. The summed E-state index contributed by atoms with van der Waals surface area (Å²) < 4.78 is 0. The zero-order valence-electron chi connectivity index (χ0n) is 12.7. The number of rotatable bonds is 3. The number of hydrogen-bond donors (Lipinski definition) is 1. The van der Waals surface area contributed by atoms with E-state index in [0.717, 1.165) is 25.7 Å². The highest BCUT2D eigenvalue weighted by molar-refractivity contribution is 5.84. The molecule has 2 aliphatic rings. The van der Waals surface area contributed by atoms with Crippen LogP contribution in [0.15, 0.2) is 0 Å². The lowest BCUT2D eigenvalue weighted by atomic mass is 9.78. The Morgan fingerprint density at radius 1 is 1.21 bits per heavy atom. The first-order valence-electron chi connectivity index (χ1n) is 8.17. The Labute approximate surface area is 117 Å². The topological polar surface area (TPSA) is 46.3 Å². The molecule has 0 aromatic carbocycles. The summed E-state index contributed by atoms with van der Waals surface area (Å²) in [6.45, 7) is 4.94. The Kier molecular flexibility index (Phi) is 4.88. The largest absolute Gasteiger partial charge is 0.336 e. The average molecular weight is 266 g/mol. The highest BCUT2D eigenvalue weighted by atomic mass is 16.2. The fourth-order valence-corrected chi connectivity index (χ4v) is 4.02. The van der Waals surface area contributed by atoms with E-state index in [-0.39, 0.29) is 5.41 Å². The number of likely N-dealkylation sites (tertiary alicyclic amines) is 1. The van der Waals surface area contributed by atoms with Gasteiger partial charge in [-0.05, 0) is 39.0 Å². The lowest BCUT2D eigenvalue weighted by molar-refractivity contribution is -0.145. The molecular formula is C16H30N2O. The van der Waals surface area contributed by atoms with Gasteiger partial charge >= 0.3 is 0 Å². The third kappa shape index (κ3) is 2.81. The van der Waals surface area contributed by atoms with Crippen LogP contribution >= 0.6 is 0 Å². The van der Waals surface area contributed by atoms with Crippen molar-refractivity contribution in [2.45, 2.75) is 83.7 Å². The van der Waals surface area contributed by atoms with E-state index in [0.29, 0.717) is 24.5 Å². The van der Waals surface area contributed by atoms with E-state index in [2.05, 4.69) is 18.7 Å². The third-order valence-corrected chi connectivity index (χ3v) is 5.40. The van der Waals surface area contributed by atoms with Crippen molar-refractivity contribution in [3.63, 3.8) is 0 Å². The fraction of sp³-hybridized carbons (Fsp3) is 0.938. The molecule has 0 radical (unpaired) electrons. The van der Waals surface area contributed by atoms with Crippen LogP contribution in [0.4, 0.5) is 0 Å². The fourth-order valence-electron chi connectivity index (χ4n) is 4.02.